The molecule has 0 radical (unpaired) electrons. The van der Waals surface area contributed by atoms with Crippen LogP contribution in [0.15, 0.2) is 22.7 Å². The molecule has 0 spiro atoms. The van der Waals surface area contributed by atoms with Crippen molar-refractivity contribution in [1.29, 1.82) is 0 Å². The van der Waals surface area contributed by atoms with Gasteiger partial charge in [0.2, 0.25) is 0 Å². The highest BCUT2D eigenvalue weighted by Crippen LogP contribution is 2.18. The SMILES string of the molecule is C[C@@H]1CCCCN1CCCCNC(=O)c1cc(F)ccc1Br. The van der Waals surface area contributed by atoms with Gasteiger partial charge in [0.15, 0.2) is 0 Å². The molecular formula is C17H24BrFN2O. The van der Waals surface area contributed by atoms with Crippen molar-refractivity contribution in [2.45, 2.75) is 45.1 Å². The summed E-state index contributed by atoms with van der Waals surface area (Å²) in [6.45, 7) is 5.22. The zero-order valence-electron chi connectivity index (χ0n) is 13.1. The van der Waals surface area contributed by atoms with Crippen molar-refractivity contribution in [2.24, 2.45) is 0 Å². The van der Waals surface area contributed by atoms with Gasteiger partial charge in [0.05, 0.1) is 5.56 Å². The van der Waals surface area contributed by atoms with Crippen LogP contribution < -0.4 is 5.32 Å². The van der Waals surface area contributed by atoms with E-state index < -0.39 is 5.82 Å². The smallest absolute Gasteiger partial charge is 0.252 e. The topological polar surface area (TPSA) is 32.3 Å². The first-order valence-electron chi connectivity index (χ1n) is 8.05. The van der Waals surface area contributed by atoms with Crippen LogP contribution in [-0.2, 0) is 0 Å². The second-order valence-electron chi connectivity index (χ2n) is 5.97. The van der Waals surface area contributed by atoms with Crippen molar-refractivity contribution in [1.82, 2.24) is 10.2 Å². The molecule has 22 heavy (non-hydrogen) atoms. The average Bonchev–Trinajstić information content (AvgIpc) is 2.51. The molecule has 1 amide bonds. The van der Waals surface area contributed by atoms with E-state index in [1.54, 1.807) is 6.07 Å². The third-order valence-corrected chi connectivity index (χ3v) is 4.96. The minimum absolute atomic E-state index is 0.224. The van der Waals surface area contributed by atoms with Gasteiger partial charge in [-0.15, -0.1) is 0 Å². The van der Waals surface area contributed by atoms with Gasteiger partial charge in [-0.2, -0.15) is 0 Å². The van der Waals surface area contributed by atoms with Crippen molar-refractivity contribution in [3.8, 4) is 0 Å². The van der Waals surface area contributed by atoms with Crippen molar-refractivity contribution in [2.75, 3.05) is 19.6 Å². The molecule has 0 unspecified atom stereocenters. The molecule has 2 rings (SSSR count). The van der Waals surface area contributed by atoms with Crippen molar-refractivity contribution < 1.29 is 9.18 Å². The van der Waals surface area contributed by atoms with E-state index in [9.17, 15) is 9.18 Å². The van der Waals surface area contributed by atoms with Crippen LogP contribution in [0.5, 0.6) is 0 Å². The third-order valence-electron chi connectivity index (χ3n) is 4.27. The summed E-state index contributed by atoms with van der Waals surface area (Å²) >= 11 is 3.28. The van der Waals surface area contributed by atoms with Crippen LogP contribution in [0.3, 0.4) is 0 Å². The van der Waals surface area contributed by atoms with E-state index in [4.69, 9.17) is 0 Å². The van der Waals surface area contributed by atoms with E-state index in [-0.39, 0.29) is 5.91 Å². The zero-order valence-corrected chi connectivity index (χ0v) is 14.7. The predicted molar refractivity (Wildman–Crippen MR) is 90.6 cm³/mol. The fourth-order valence-electron chi connectivity index (χ4n) is 2.90. The largest absolute Gasteiger partial charge is 0.352 e. The Hall–Kier alpha value is -0.940. The number of hydrogen-bond donors (Lipinski definition) is 1. The average molecular weight is 371 g/mol. The third kappa shape index (κ3) is 5.06. The van der Waals surface area contributed by atoms with Crippen molar-refractivity contribution in [3.05, 3.63) is 34.1 Å². The molecule has 3 nitrogen and oxygen atoms in total. The van der Waals surface area contributed by atoms with Gasteiger partial charge < -0.3 is 10.2 Å². The number of amides is 1. The summed E-state index contributed by atoms with van der Waals surface area (Å²) in [4.78, 5) is 14.6. The molecule has 1 heterocycles. The number of likely N-dealkylation sites (tertiary alicyclic amines) is 1. The summed E-state index contributed by atoms with van der Waals surface area (Å²) in [6.07, 6.45) is 5.96. The zero-order chi connectivity index (χ0) is 15.9. The molecular weight excluding hydrogens is 347 g/mol. The van der Waals surface area contributed by atoms with E-state index in [0.717, 1.165) is 19.4 Å². The van der Waals surface area contributed by atoms with Crippen LogP contribution in [0.25, 0.3) is 0 Å². The Morgan fingerprint density at radius 3 is 3.00 bits per heavy atom. The molecule has 1 atom stereocenters. The Morgan fingerprint density at radius 2 is 2.23 bits per heavy atom. The second-order valence-corrected chi connectivity index (χ2v) is 6.82. The first kappa shape index (κ1) is 17.4. The highest BCUT2D eigenvalue weighted by atomic mass is 79.9. The second kappa shape index (κ2) is 8.63. The Balaban J connectivity index is 1.68. The molecule has 1 saturated heterocycles. The first-order chi connectivity index (χ1) is 10.6. The minimum Gasteiger partial charge on any atom is -0.352 e. The highest BCUT2D eigenvalue weighted by molar-refractivity contribution is 9.10. The van der Waals surface area contributed by atoms with Crippen molar-refractivity contribution >= 4 is 21.8 Å². The quantitative estimate of drug-likeness (QED) is 0.768. The number of benzene rings is 1. The number of hydrogen-bond acceptors (Lipinski definition) is 2. The van der Waals surface area contributed by atoms with Gasteiger partial charge >= 0.3 is 0 Å². The molecule has 1 fully saturated rings. The lowest BCUT2D eigenvalue weighted by molar-refractivity contribution is 0.0950. The number of nitrogens with zero attached hydrogens (tertiary/aromatic N) is 1. The summed E-state index contributed by atoms with van der Waals surface area (Å²) in [5, 5.41) is 2.86. The first-order valence-corrected chi connectivity index (χ1v) is 8.84. The Bertz CT molecular complexity index is 509. The maximum Gasteiger partial charge on any atom is 0.252 e. The minimum atomic E-state index is -0.396. The maximum atomic E-state index is 13.2. The molecule has 0 bridgehead atoms. The molecule has 0 aromatic heterocycles. The van der Waals surface area contributed by atoms with Crippen LogP contribution in [0.4, 0.5) is 4.39 Å². The Morgan fingerprint density at radius 1 is 1.41 bits per heavy atom. The van der Waals surface area contributed by atoms with Gasteiger partial charge in [-0.1, -0.05) is 6.42 Å². The maximum absolute atomic E-state index is 13.2. The molecule has 1 N–H and O–H groups in total. The lowest BCUT2D eigenvalue weighted by Gasteiger charge is -2.33. The Kier molecular flexibility index (Phi) is 6.83. The van der Waals surface area contributed by atoms with E-state index in [0.29, 0.717) is 22.6 Å². The molecule has 1 aromatic carbocycles. The lowest BCUT2D eigenvalue weighted by Crippen LogP contribution is -2.38. The fourth-order valence-corrected chi connectivity index (χ4v) is 3.33. The number of piperidine rings is 1. The van der Waals surface area contributed by atoms with Crippen LogP contribution in [0.1, 0.15) is 49.4 Å². The van der Waals surface area contributed by atoms with E-state index >= 15 is 0 Å². The molecule has 0 aliphatic carbocycles. The summed E-state index contributed by atoms with van der Waals surface area (Å²) in [6, 6.07) is 4.84. The molecule has 1 aliphatic heterocycles. The lowest BCUT2D eigenvalue weighted by atomic mass is 10.0. The molecule has 122 valence electrons. The normalized spacial score (nSPS) is 19.1. The standard InChI is InChI=1S/C17H24BrFN2O/c1-13-6-2-4-10-21(13)11-5-3-9-20-17(22)15-12-14(19)7-8-16(15)18/h7-8,12-13H,2-6,9-11H2,1H3,(H,20,22)/t13-/m1/s1. The predicted octanol–water partition coefficient (Wildman–Crippen LogP) is 3.97. The number of rotatable bonds is 6. The number of unbranched alkanes of at least 4 members (excludes halogenated alkanes) is 1. The molecule has 5 heteroatoms. The number of halogens is 2. The summed E-state index contributed by atoms with van der Waals surface area (Å²) in [5.74, 6) is -0.620. The molecule has 1 aliphatic rings. The van der Waals surface area contributed by atoms with Crippen molar-refractivity contribution in [3.63, 3.8) is 0 Å². The van der Waals surface area contributed by atoms with Crippen LogP contribution in [-0.4, -0.2) is 36.5 Å². The van der Waals surface area contributed by atoms with Gasteiger partial charge in [-0.3, -0.25) is 4.79 Å². The number of carbonyl (C=O) groups excluding carboxylic acids is 1. The number of carbonyl (C=O) groups is 1. The fraction of sp³-hybridized carbons (Fsp3) is 0.588. The summed E-state index contributed by atoms with van der Waals surface area (Å²) in [5.41, 5.74) is 0.352. The van der Waals surface area contributed by atoms with Gasteiger partial charge in [-0.25, -0.2) is 4.39 Å². The van der Waals surface area contributed by atoms with Gasteiger partial charge in [-0.05, 0) is 79.8 Å². The highest BCUT2D eigenvalue weighted by Gasteiger charge is 2.17. The van der Waals surface area contributed by atoms with E-state index in [1.165, 1.54) is 37.9 Å². The summed E-state index contributed by atoms with van der Waals surface area (Å²) in [7, 11) is 0. The van der Waals surface area contributed by atoms with Gasteiger partial charge in [0, 0.05) is 17.1 Å². The molecule has 1 aromatic rings. The van der Waals surface area contributed by atoms with E-state index in [2.05, 4.69) is 33.1 Å². The van der Waals surface area contributed by atoms with Crippen LogP contribution in [0.2, 0.25) is 0 Å². The Labute approximate surface area is 140 Å². The van der Waals surface area contributed by atoms with Gasteiger partial charge in [0.25, 0.3) is 5.91 Å². The van der Waals surface area contributed by atoms with Crippen LogP contribution in [0, 0.1) is 5.82 Å². The number of nitrogens with one attached hydrogen (secondary N) is 1. The van der Waals surface area contributed by atoms with Gasteiger partial charge in [0.1, 0.15) is 5.82 Å². The monoisotopic (exact) mass is 370 g/mol. The summed E-state index contributed by atoms with van der Waals surface area (Å²) < 4.78 is 13.8. The molecule has 0 saturated carbocycles. The van der Waals surface area contributed by atoms with E-state index in [1.807, 2.05) is 0 Å². The van der Waals surface area contributed by atoms with Crippen LogP contribution >= 0.6 is 15.9 Å².